The van der Waals surface area contributed by atoms with Crippen molar-refractivity contribution in [3.05, 3.63) is 112 Å². The number of likely N-dealkylation sites (tertiary alicyclic amines) is 1. The van der Waals surface area contributed by atoms with Crippen LogP contribution in [0.1, 0.15) is 40.8 Å². The van der Waals surface area contributed by atoms with Gasteiger partial charge in [-0.15, -0.1) is 11.3 Å². The average Bonchev–Trinajstić information content (AvgIpc) is 3.60. The van der Waals surface area contributed by atoms with E-state index < -0.39 is 0 Å². The van der Waals surface area contributed by atoms with Crippen LogP contribution in [-0.4, -0.2) is 39.7 Å². The number of nitrogens with zero attached hydrogens (tertiary/aromatic N) is 2. The Balaban J connectivity index is 1.33. The van der Waals surface area contributed by atoms with Crippen molar-refractivity contribution in [3.8, 4) is 5.88 Å². The number of fused-ring (bicyclic) bond motifs is 1. The van der Waals surface area contributed by atoms with Gasteiger partial charge in [0.15, 0.2) is 5.88 Å². The molecule has 3 aromatic carbocycles. The number of thiophene rings is 1. The molecule has 2 aromatic heterocycles. The van der Waals surface area contributed by atoms with Crippen molar-refractivity contribution in [1.29, 1.82) is 0 Å². The van der Waals surface area contributed by atoms with Gasteiger partial charge in [-0.2, -0.15) is 0 Å². The SMILES string of the molecule is O=C(Cc1cccs1)Nc1ccc2[nH]c(O)c(C(=Nc3ccc(CN4CCCCC4)cc3)c3ccccc3)c2c1. The first-order valence-corrected chi connectivity index (χ1v) is 14.6. The number of carbonyl (C=O) groups excluding carboxylic acids is 1. The van der Waals surface area contributed by atoms with Gasteiger partial charge in [-0.05, 0) is 73.3 Å². The van der Waals surface area contributed by atoms with Crippen LogP contribution in [0.3, 0.4) is 0 Å². The molecule has 3 N–H and O–H groups in total. The van der Waals surface area contributed by atoms with Gasteiger partial charge in [-0.1, -0.05) is 55.0 Å². The van der Waals surface area contributed by atoms with Crippen molar-refractivity contribution in [3.63, 3.8) is 0 Å². The van der Waals surface area contributed by atoms with Crippen molar-refractivity contribution in [2.24, 2.45) is 4.99 Å². The van der Waals surface area contributed by atoms with Crippen molar-refractivity contribution in [2.75, 3.05) is 18.4 Å². The van der Waals surface area contributed by atoms with E-state index >= 15 is 0 Å². The molecule has 0 saturated carbocycles. The lowest BCUT2D eigenvalue weighted by Crippen LogP contribution is -2.28. The summed E-state index contributed by atoms with van der Waals surface area (Å²) in [5.41, 5.74) is 5.69. The van der Waals surface area contributed by atoms with Crippen molar-refractivity contribution >= 4 is 45.2 Å². The number of H-pyrrole nitrogens is 1. The number of aromatic nitrogens is 1. The zero-order chi connectivity index (χ0) is 27.3. The number of piperidine rings is 1. The highest BCUT2D eigenvalue weighted by Gasteiger charge is 2.20. The van der Waals surface area contributed by atoms with Crippen LogP contribution in [0.2, 0.25) is 0 Å². The van der Waals surface area contributed by atoms with Crippen LogP contribution in [0.5, 0.6) is 5.88 Å². The maximum Gasteiger partial charge on any atom is 0.229 e. The van der Waals surface area contributed by atoms with Gasteiger partial charge in [0, 0.05) is 33.6 Å². The maximum absolute atomic E-state index is 12.7. The number of aliphatic imine (C=N–C) groups is 1. The first-order chi connectivity index (χ1) is 19.6. The zero-order valence-corrected chi connectivity index (χ0v) is 23.1. The molecule has 0 radical (unpaired) electrons. The minimum atomic E-state index is -0.0790. The van der Waals surface area contributed by atoms with E-state index in [1.165, 1.54) is 24.8 Å². The molecule has 5 aromatic rings. The van der Waals surface area contributed by atoms with Gasteiger partial charge in [0.05, 0.1) is 23.4 Å². The third kappa shape index (κ3) is 6.01. The summed E-state index contributed by atoms with van der Waals surface area (Å²) in [6.45, 7) is 3.28. The van der Waals surface area contributed by atoms with Crippen molar-refractivity contribution < 1.29 is 9.90 Å². The van der Waals surface area contributed by atoms with Gasteiger partial charge >= 0.3 is 0 Å². The molecule has 7 heteroatoms. The van der Waals surface area contributed by atoms with E-state index in [2.05, 4.69) is 27.3 Å². The summed E-state index contributed by atoms with van der Waals surface area (Å²) in [7, 11) is 0. The fraction of sp³-hybridized carbons (Fsp3) is 0.212. The maximum atomic E-state index is 12.7. The summed E-state index contributed by atoms with van der Waals surface area (Å²) in [5, 5.41) is 16.8. The number of hydrogen-bond acceptors (Lipinski definition) is 5. The lowest BCUT2D eigenvalue weighted by Gasteiger charge is -2.26. The highest BCUT2D eigenvalue weighted by atomic mass is 32.1. The summed E-state index contributed by atoms with van der Waals surface area (Å²) in [4.78, 5) is 24.3. The monoisotopic (exact) mass is 548 g/mol. The Morgan fingerprint density at radius 1 is 0.950 bits per heavy atom. The molecule has 0 spiro atoms. The number of rotatable bonds is 8. The predicted octanol–water partition coefficient (Wildman–Crippen LogP) is 7.27. The molecule has 0 unspecified atom stereocenters. The molecule has 6 nitrogen and oxygen atoms in total. The van der Waals surface area contributed by atoms with Crippen molar-refractivity contribution in [1.82, 2.24) is 9.88 Å². The summed E-state index contributed by atoms with van der Waals surface area (Å²) in [6.07, 6.45) is 4.20. The number of amides is 1. The van der Waals surface area contributed by atoms with Gasteiger partial charge < -0.3 is 15.4 Å². The Hall–Kier alpha value is -4.20. The van der Waals surface area contributed by atoms with Crippen LogP contribution < -0.4 is 5.32 Å². The van der Waals surface area contributed by atoms with Crippen LogP contribution in [0.15, 0.2) is 95.3 Å². The minimum absolute atomic E-state index is 0.0429. The fourth-order valence-corrected chi connectivity index (χ4v) is 6.02. The summed E-state index contributed by atoms with van der Waals surface area (Å²) < 4.78 is 0. The molecule has 1 aliphatic rings. The molecule has 1 saturated heterocycles. The van der Waals surface area contributed by atoms with Crippen LogP contribution in [0, 0.1) is 0 Å². The van der Waals surface area contributed by atoms with Gasteiger partial charge in [-0.25, -0.2) is 4.99 Å². The average molecular weight is 549 g/mol. The second-order valence-corrected chi connectivity index (χ2v) is 11.3. The summed E-state index contributed by atoms with van der Waals surface area (Å²) in [6, 6.07) is 27.8. The molecule has 0 aliphatic carbocycles. The molecule has 40 heavy (non-hydrogen) atoms. The topological polar surface area (TPSA) is 80.7 Å². The molecule has 202 valence electrons. The van der Waals surface area contributed by atoms with Gasteiger partial charge in [0.1, 0.15) is 0 Å². The van der Waals surface area contributed by atoms with E-state index in [0.29, 0.717) is 23.4 Å². The van der Waals surface area contributed by atoms with E-state index in [9.17, 15) is 9.90 Å². The standard InChI is InChI=1S/C33H32N4O2S/c38-30(21-27-10-7-19-40-27)34-26-15-16-29-28(20-26)31(33(39)36-29)32(24-8-3-1-4-9-24)35-25-13-11-23(12-14-25)22-37-17-5-2-6-18-37/h1,3-4,7-16,19-20,36,39H,2,5-6,17-18,21-22H2,(H,34,38). The highest BCUT2D eigenvalue weighted by Crippen LogP contribution is 2.33. The Bertz CT molecular complexity index is 1620. The predicted molar refractivity (Wildman–Crippen MR) is 164 cm³/mol. The molecule has 0 bridgehead atoms. The first kappa shape index (κ1) is 26.0. The second-order valence-electron chi connectivity index (χ2n) is 10.2. The lowest BCUT2D eigenvalue weighted by atomic mass is 10.0. The Kier molecular flexibility index (Phi) is 7.75. The molecule has 1 amide bonds. The minimum Gasteiger partial charge on any atom is -0.494 e. The molecule has 0 atom stereocenters. The van der Waals surface area contributed by atoms with E-state index in [1.807, 2.05) is 78.2 Å². The quantitative estimate of drug-likeness (QED) is 0.178. The Labute approximate surface area is 238 Å². The van der Waals surface area contributed by atoms with Crippen molar-refractivity contribution in [2.45, 2.75) is 32.2 Å². The van der Waals surface area contributed by atoms with Crippen LogP contribution in [0.4, 0.5) is 11.4 Å². The molecular weight excluding hydrogens is 516 g/mol. The van der Waals surface area contributed by atoms with Gasteiger partial charge in [-0.3, -0.25) is 9.69 Å². The smallest absolute Gasteiger partial charge is 0.229 e. The number of carbonyl (C=O) groups is 1. The third-order valence-electron chi connectivity index (χ3n) is 7.29. The normalized spacial score (nSPS) is 14.4. The Morgan fingerprint density at radius 2 is 1.75 bits per heavy atom. The van der Waals surface area contributed by atoms with Crippen LogP contribution >= 0.6 is 11.3 Å². The van der Waals surface area contributed by atoms with E-state index in [1.54, 1.807) is 11.3 Å². The summed E-state index contributed by atoms with van der Waals surface area (Å²) in [5.74, 6) is -0.0360. The molecule has 6 rings (SSSR count). The first-order valence-electron chi connectivity index (χ1n) is 13.7. The lowest BCUT2D eigenvalue weighted by molar-refractivity contribution is -0.115. The van der Waals surface area contributed by atoms with E-state index in [0.717, 1.165) is 46.7 Å². The van der Waals surface area contributed by atoms with Crippen LogP contribution in [-0.2, 0) is 17.8 Å². The van der Waals surface area contributed by atoms with Crippen LogP contribution in [0.25, 0.3) is 10.9 Å². The second kappa shape index (κ2) is 11.9. The molecular formula is C33H32N4O2S. The van der Waals surface area contributed by atoms with E-state index in [4.69, 9.17) is 4.99 Å². The number of hydrogen-bond donors (Lipinski definition) is 3. The highest BCUT2D eigenvalue weighted by molar-refractivity contribution is 7.10. The number of benzene rings is 3. The third-order valence-corrected chi connectivity index (χ3v) is 8.17. The number of anilines is 1. The van der Waals surface area contributed by atoms with Gasteiger partial charge in [0.2, 0.25) is 5.91 Å². The summed E-state index contributed by atoms with van der Waals surface area (Å²) >= 11 is 1.56. The number of aromatic hydroxyl groups is 1. The fourth-order valence-electron chi connectivity index (χ4n) is 5.31. The van der Waals surface area contributed by atoms with E-state index in [-0.39, 0.29) is 11.8 Å². The largest absolute Gasteiger partial charge is 0.494 e. The molecule has 1 fully saturated rings. The Morgan fingerprint density at radius 3 is 2.50 bits per heavy atom. The number of aromatic amines is 1. The number of nitrogens with one attached hydrogen (secondary N) is 2. The van der Waals surface area contributed by atoms with Gasteiger partial charge in [0.25, 0.3) is 0 Å². The molecule has 1 aliphatic heterocycles. The zero-order valence-electron chi connectivity index (χ0n) is 22.3. The molecule has 3 heterocycles.